The number of carbonyl (C=O) groups excluding carboxylic acids is 2. The van der Waals surface area contributed by atoms with Crippen molar-refractivity contribution in [3.05, 3.63) is 11.8 Å². The second-order valence-electron chi connectivity index (χ2n) is 3.90. The van der Waals surface area contributed by atoms with Gasteiger partial charge < -0.3 is 19.5 Å². The summed E-state index contributed by atoms with van der Waals surface area (Å²) in [4.78, 5) is 23.3. The summed E-state index contributed by atoms with van der Waals surface area (Å²) < 4.78 is 44.2. The minimum Gasteiger partial charge on any atom is -0.440 e. The zero-order valence-corrected chi connectivity index (χ0v) is 10.7. The Morgan fingerprint density at radius 3 is 2.65 bits per heavy atom. The highest BCUT2D eigenvalue weighted by Gasteiger charge is 2.30. The van der Waals surface area contributed by atoms with Crippen molar-refractivity contribution in [1.82, 2.24) is 10.1 Å². The average Bonchev–Trinajstić information content (AvgIpc) is 2.70. The van der Waals surface area contributed by atoms with E-state index in [1.165, 1.54) is 6.07 Å². The molecule has 0 aliphatic heterocycles. The Kier molecular flexibility index (Phi) is 4.94. The third-order valence-electron chi connectivity index (χ3n) is 1.95. The fraction of sp³-hybridized carbons (Fsp3) is 0.500. The van der Waals surface area contributed by atoms with Crippen molar-refractivity contribution in [2.24, 2.45) is 0 Å². The maximum atomic E-state index is 11.8. The fourth-order valence-electron chi connectivity index (χ4n) is 1.14. The quantitative estimate of drug-likeness (QED) is 0.911. The molecule has 1 N–H and O–H groups in total. The van der Waals surface area contributed by atoms with Crippen LogP contribution in [0.3, 0.4) is 0 Å². The van der Waals surface area contributed by atoms with Crippen LogP contribution in [-0.2, 0) is 9.53 Å². The largest absolute Gasteiger partial charge is 0.440 e. The van der Waals surface area contributed by atoms with Crippen molar-refractivity contribution in [2.45, 2.75) is 13.1 Å². The number of ether oxygens (including phenoxy) is 1. The first-order valence-electron chi connectivity index (χ1n) is 5.35. The molecule has 1 heterocycles. The normalized spacial score (nSPS) is 11.1. The van der Waals surface area contributed by atoms with Gasteiger partial charge in [0.15, 0.2) is 12.4 Å². The molecule has 0 spiro atoms. The van der Waals surface area contributed by atoms with Gasteiger partial charge >= 0.3 is 12.3 Å². The van der Waals surface area contributed by atoms with Gasteiger partial charge in [-0.1, -0.05) is 5.16 Å². The molecule has 20 heavy (non-hydrogen) atoms. The second kappa shape index (κ2) is 6.26. The zero-order valence-electron chi connectivity index (χ0n) is 10.7. The highest BCUT2D eigenvalue weighted by atomic mass is 19.4. The summed E-state index contributed by atoms with van der Waals surface area (Å²) >= 11 is 0. The minimum atomic E-state index is -4.61. The van der Waals surface area contributed by atoms with E-state index in [1.807, 2.05) is 0 Å². The van der Waals surface area contributed by atoms with E-state index in [0.717, 1.165) is 7.05 Å². The van der Waals surface area contributed by atoms with E-state index < -0.39 is 31.3 Å². The lowest BCUT2D eigenvalue weighted by molar-refractivity contribution is -0.162. The molecule has 0 radical (unpaired) electrons. The Morgan fingerprint density at radius 1 is 1.50 bits per heavy atom. The first-order valence-corrected chi connectivity index (χ1v) is 5.35. The molecule has 0 saturated heterocycles. The van der Waals surface area contributed by atoms with E-state index >= 15 is 0 Å². The third-order valence-corrected chi connectivity index (χ3v) is 1.95. The molecular formula is C10H12F3N3O4. The molecule has 7 nitrogen and oxygen atoms in total. The molecule has 0 aliphatic rings. The van der Waals surface area contributed by atoms with Crippen molar-refractivity contribution < 1.29 is 32.0 Å². The number of rotatable bonds is 4. The molecule has 0 unspecified atom stereocenters. The van der Waals surface area contributed by atoms with Crippen LogP contribution >= 0.6 is 0 Å². The molecule has 112 valence electrons. The number of carbonyl (C=O) groups is 2. The molecule has 0 bridgehead atoms. The molecule has 0 atom stereocenters. The molecule has 1 aromatic heterocycles. The molecule has 0 aromatic carbocycles. The summed E-state index contributed by atoms with van der Waals surface area (Å²) in [6.45, 7) is -0.577. The summed E-state index contributed by atoms with van der Waals surface area (Å²) in [6.07, 6.45) is -5.87. The van der Waals surface area contributed by atoms with Crippen molar-refractivity contribution in [2.75, 3.05) is 25.5 Å². The van der Waals surface area contributed by atoms with Crippen LogP contribution in [0.5, 0.6) is 0 Å². The van der Waals surface area contributed by atoms with E-state index in [0.29, 0.717) is 10.7 Å². The maximum absolute atomic E-state index is 11.8. The minimum absolute atomic E-state index is 0.143. The highest BCUT2D eigenvalue weighted by molar-refractivity contribution is 5.92. The SMILES string of the molecule is Cc1cc(NC(=O)CN(C)C(=O)OCC(F)(F)F)no1. The van der Waals surface area contributed by atoms with Crippen LogP contribution in [0.25, 0.3) is 0 Å². The molecule has 2 amide bonds. The molecular weight excluding hydrogens is 283 g/mol. The summed E-state index contributed by atoms with van der Waals surface area (Å²) in [5.41, 5.74) is 0. The topological polar surface area (TPSA) is 84.7 Å². The predicted octanol–water partition coefficient (Wildman–Crippen LogP) is 1.55. The highest BCUT2D eigenvalue weighted by Crippen LogP contribution is 2.15. The van der Waals surface area contributed by atoms with Gasteiger partial charge in [-0.25, -0.2) is 4.79 Å². The Morgan fingerprint density at radius 2 is 2.15 bits per heavy atom. The predicted molar refractivity (Wildman–Crippen MR) is 59.9 cm³/mol. The summed E-state index contributed by atoms with van der Waals surface area (Å²) in [7, 11) is 1.13. The van der Waals surface area contributed by atoms with Crippen LogP contribution in [-0.4, -0.2) is 48.4 Å². The number of aromatic nitrogens is 1. The lowest BCUT2D eigenvalue weighted by Gasteiger charge is -2.16. The molecule has 10 heteroatoms. The van der Waals surface area contributed by atoms with E-state index in [2.05, 4.69) is 15.2 Å². The molecule has 1 aromatic rings. The number of anilines is 1. The van der Waals surface area contributed by atoms with Gasteiger partial charge in [0.2, 0.25) is 5.91 Å². The number of nitrogens with zero attached hydrogens (tertiary/aromatic N) is 2. The molecule has 0 fully saturated rings. The van der Waals surface area contributed by atoms with Crippen LogP contribution in [0.1, 0.15) is 5.76 Å². The van der Waals surface area contributed by atoms with E-state index in [-0.39, 0.29) is 5.82 Å². The Labute approximate surface area is 111 Å². The summed E-state index contributed by atoms with van der Waals surface area (Å²) in [6, 6.07) is 1.44. The van der Waals surface area contributed by atoms with Gasteiger partial charge in [0.05, 0.1) is 0 Å². The van der Waals surface area contributed by atoms with Crippen LogP contribution in [0, 0.1) is 6.92 Å². The Balaban J connectivity index is 2.39. The number of hydrogen-bond donors (Lipinski definition) is 1. The van der Waals surface area contributed by atoms with Gasteiger partial charge in [0.1, 0.15) is 12.3 Å². The van der Waals surface area contributed by atoms with Crippen LogP contribution in [0.15, 0.2) is 10.6 Å². The number of alkyl halides is 3. The van der Waals surface area contributed by atoms with Gasteiger partial charge in [-0.15, -0.1) is 0 Å². The van der Waals surface area contributed by atoms with E-state index in [9.17, 15) is 22.8 Å². The zero-order chi connectivity index (χ0) is 15.3. The first-order chi connectivity index (χ1) is 9.17. The first kappa shape index (κ1) is 15.8. The van der Waals surface area contributed by atoms with Gasteiger partial charge in [0.25, 0.3) is 0 Å². The number of hydrogen-bond acceptors (Lipinski definition) is 5. The number of nitrogens with one attached hydrogen (secondary N) is 1. The van der Waals surface area contributed by atoms with E-state index in [4.69, 9.17) is 4.52 Å². The van der Waals surface area contributed by atoms with Crippen molar-refractivity contribution >= 4 is 17.8 Å². The van der Waals surface area contributed by atoms with Crippen molar-refractivity contribution in [3.8, 4) is 0 Å². The van der Waals surface area contributed by atoms with Gasteiger partial charge in [-0.3, -0.25) is 4.79 Å². The smallest absolute Gasteiger partial charge is 0.422 e. The lowest BCUT2D eigenvalue weighted by atomic mass is 10.4. The van der Waals surface area contributed by atoms with Gasteiger partial charge in [0, 0.05) is 13.1 Å². The van der Waals surface area contributed by atoms with Gasteiger partial charge in [-0.05, 0) is 6.92 Å². The lowest BCUT2D eigenvalue weighted by Crippen LogP contribution is -2.36. The molecule has 1 rings (SSSR count). The number of likely N-dealkylation sites (N-methyl/N-ethyl adjacent to an activating group) is 1. The number of halogens is 3. The average molecular weight is 295 g/mol. The molecule has 0 saturated carbocycles. The van der Waals surface area contributed by atoms with Crippen LogP contribution < -0.4 is 5.32 Å². The summed E-state index contributed by atoms with van der Waals surface area (Å²) in [5.74, 6) is -0.0347. The number of amides is 2. The fourth-order valence-corrected chi connectivity index (χ4v) is 1.14. The Hall–Kier alpha value is -2.26. The van der Waals surface area contributed by atoms with Crippen LogP contribution in [0.2, 0.25) is 0 Å². The second-order valence-corrected chi connectivity index (χ2v) is 3.90. The third kappa shape index (κ3) is 5.59. The maximum Gasteiger partial charge on any atom is 0.422 e. The van der Waals surface area contributed by atoms with E-state index in [1.54, 1.807) is 6.92 Å². The summed E-state index contributed by atoms with van der Waals surface area (Å²) in [5, 5.41) is 5.79. The van der Waals surface area contributed by atoms with Crippen LogP contribution in [0.4, 0.5) is 23.8 Å². The van der Waals surface area contributed by atoms with Gasteiger partial charge in [-0.2, -0.15) is 13.2 Å². The van der Waals surface area contributed by atoms with Crippen molar-refractivity contribution in [3.63, 3.8) is 0 Å². The van der Waals surface area contributed by atoms with Crippen molar-refractivity contribution in [1.29, 1.82) is 0 Å². The standard InChI is InChI=1S/C10H12F3N3O4/c1-6-3-7(15-20-6)14-8(17)4-16(2)9(18)19-5-10(11,12)13/h3H,4-5H2,1-2H3,(H,14,15,17). The molecule has 0 aliphatic carbocycles. The Bertz CT molecular complexity index is 486. The monoisotopic (exact) mass is 295 g/mol. The number of aryl methyl sites for hydroxylation is 1.